The topological polar surface area (TPSA) is 114 Å². The fraction of sp³-hybridized carbons (Fsp3) is 0.739. The third kappa shape index (κ3) is 4.76. The number of carbonyl (C=O) groups excluding carboxylic acids is 3. The maximum absolute atomic E-state index is 12.5. The Balaban J connectivity index is 1.18. The number of hydrogen-bond donors (Lipinski definition) is 3. The van der Waals surface area contributed by atoms with Crippen molar-refractivity contribution in [2.75, 3.05) is 11.9 Å². The number of rotatable bonds is 7. The van der Waals surface area contributed by atoms with Gasteiger partial charge in [0.05, 0.1) is 23.5 Å². The zero-order chi connectivity index (χ0) is 23.0. The summed E-state index contributed by atoms with van der Waals surface area (Å²) in [6, 6.07) is -0.215. The average Bonchev–Trinajstić information content (AvgIpc) is 2.92. The summed E-state index contributed by atoms with van der Waals surface area (Å²) in [7, 11) is 1.80. The Labute approximate surface area is 189 Å². The average molecular weight is 446 g/mol. The number of esters is 1. The molecule has 0 aromatic carbocycles. The molecule has 9 heteroatoms. The maximum Gasteiger partial charge on any atom is 0.315 e. The van der Waals surface area contributed by atoms with Crippen molar-refractivity contribution in [2.24, 2.45) is 24.8 Å². The molecule has 1 atom stereocenters. The number of nitrogens with zero attached hydrogens (tertiary/aromatic N) is 2. The highest BCUT2D eigenvalue weighted by Gasteiger charge is 2.51. The summed E-state index contributed by atoms with van der Waals surface area (Å²) in [4.78, 5) is 37.0. The van der Waals surface area contributed by atoms with Gasteiger partial charge in [-0.3, -0.25) is 14.3 Å². The predicted octanol–water partition coefficient (Wildman–Crippen LogP) is 2.57. The number of carbonyl (C=O) groups is 3. The van der Waals surface area contributed by atoms with Crippen molar-refractivity contribution in [3.8, 4) is 0 Å². The van der Waals surface area contributed by atoms with Gasteiger partial charge >= 0.3 is 12.0 Å². The van der Waals surface area contributed by atoms with Crippen molar-refractivity contribution < 1.29 is 19.1 Å². The first-order valence-corrected chi connectivity index (χ1v) is 11.7. The van der Waals surface area contributed by atoms with Crippen LogP contribution < -0.4 is 16.0 Å². The molecule has 0 spiro atoms. The smallest absolute Gasteiger partial charge is 0.315 e. The van der Waals surface area contributed by atoms with Gasteiger partial charge in [-0.25, -0.2) is 4.79 Å². The van der Waals surface area contributed by atoms with E-state index in [-0.39, 0.29) is 24.5 Å². The molecule has 4 saturated carbocycles. The second-order valence-corrected chi connectivity index (χ2v) is 10.1. The number of hydrogen-bond acceptors (Lipinski definition) is 5. The van der Waals surface area contributed by atoms with Crippen LogP contribution in [-0.4, -0.2) is 45.9 Å². The van der Waals surface area contributed by atoms with E-state index < -0.39 is 18.0 Å². The largest absolute Gasteiger partial charge is 0.452 e. The van der Waals surface area contributed by atoms with Gasteiger partial charge in [-0.1, -0.05) is 0 Å². The molecule has 5 rings (SSSR count). The van der Waals surface area contributed by atoms with Crippen molar-refractivity contribution >= 4 is 23.6 Å². The lowest BCUT2D eigenvalue weighted by Crippen LogP contribution is -2.61. The highest BCUT2D eigenvalue weighted by molar-refractivity contribution is 5.96. The molecule has 1 heterocycles. The van der Waals surface area contributed by atoms with Crippen LogP contribution in [0.25, 0.3) is 0 Å². The molecule has 9 nitrogen and oxygen atoms in total. The van der Waals surface area contributed by atoms with Crippen LogP contribution in [0.1, 0.15) is 63.3 Å². The first kappa shape index (κ1) is 22.6. The van der Waals surface area contributed by atoms with Crippen LogP contribution in [0, 0.1) is 31.6 Å². The molecule has 4 fully saturated rings. The maximum atomic E-state index is 12.5. The standard InChI is InChI=1S/C23H35N5O4/c1-13-20(14(2)28(4)27-13)25-21(30)15(3)32-19(29)5-6-24-22(31)26-23-10-16-7-17(11-23)9-18(8-16)12-23/h15-18H,5-12H2,1-4H3,(H,25,30)(H2,24,26,31). The molecule has 4 aliphatic rings. The molecular weight excluding hydrogens is 410 g/mol. The summed E-state index contributed by atoms with van der Waals surface area (Å²) in [5.74, 6) is 1.32. The number of aryl methyl sites for hydroxylation is 2. The lowest BCUT2D eigenvalue weighted by Gasteiger charge is -2.56. The zero-order valence-electron chi connectivity index (χ0n) is 19.5. The van der Waals surface area contributed by atoms with E-state index in [0.717, 1.165) is 42.7 Å². The number of urea groups is 1. The van der Waals surface area contributed by atoms with Crippen LogP contribution in [0.2, 0.25) is 0 Å². The first-order chi connectivity index (χ1) is 15.1. The highest BCUT2D eigenvalue weighted by atomic mass is 16.5. The molecule has 3 amide bonds. The van der Waals surface area contributed by atoms with Crippen molar-refractivity contribution in [3.05, 3.63) is 11.4 Å². The third-order valence-corrected chi connectivity index (χ3v) is 7.47. The van der Waals surface area contributed by atoms with E-state index in [9.17, 15) is 14.4 Å². The number of anilines is 1. The first-order valence-electron chi connectivity index (χ1n) is 11.7. The molecule has 4 aliphatic carbocycles. The molecule has 0 aliphatic heterocycles. The molecule has 32 heavy (non-hydrogen) atoms. The van der Waals surface area contributed by atoms with Gasteiger partial charge in [-0.2, -0.15) is 5.10 Å². The van der Waals surface area contributed by atoms with Crippen LogP contribution in [0.15, 0.2) is 0 Å². The lowest BCUT2D eigenvalue weighted by molar-refractivity contribution is -0.153. The van der Waals surface area contributed by atoms with E-state index >= 15 is 0 Å². The molecule has 1 aromatic heterocycles. The zero-order valence-corrected chi connectivity index (χ0v) is 19.5. The second-order valence-electron chi connectivity index (χ2n) is 10.1. The molecule has 176 valence electrons. The lowest BCUT2D eigenvalue weighted by atomic mass is 9.53. The summed E-state index contributed by atoms with van der Waals surface area (Å²) in [5.41, 5.74) is 2.09. The van der Waals surface area contributed by atoms with E-state index in [1.54, 1.807) is 18.7 Å². The van der Waals surface area contributed by atoms with E-state index in [2.05, 4.69) is 21.0 Å². The molecule has 0 saturated heterocycles. The molecule has 4 bridgehead atoms. The van der Waals surface area contributed by atoms with Crippen LogP contribution >= 0.6 is 0 Å². The normalized spacial score (nSPS) is 28.8. The van der Waals surface area contributed by atoms with E-state index in [0.29, 0.717) is 11.4 Å². The van der Waals surface area contributed by atoms with Gasteiger partial charge in [-0.15, -0.1) is 0 Å². The van der Waals surface area contributed by atoms with Crippen LogP contribution in [0.4, 0.5) is 10.5 Å². The van der Waals surface area contributed by atoms with E-state index in [1.807, 2.05) is 6.92 Å². The molecular formula is C23H35N5O4. The Morgan fingerprint density at radius 1 is 1.12 bits per heavy atom. The van der Waals surface area contributed by atoms with E-state index in [1.165, 1.54) is 26.2 Å². The highest BCUT2D eigenvalue weighted by Crippen LogP contribution is 2.55. The second kappa shape index (κ2) is 8.75. The van der Waals surface area contributed by atoms with Crippen molar-refractivity contribution in [2.45, 2.75) is 77.4 Å². The van der Waals surface area contributed by atoms with Gasteiger partial charge in [0.2, 0.25) is 0 Å². The Bertz CT molecular complexity index is 873. The van der Waals surface area contributed by atoms with E-state index in [4.69, 9.17) is 4.74 Å². The monoisotopic (exact) mass is 445 g/mol. The molecule has 3 N–H and O–H groups in total. The molecule has 1 unspecified atom stereocenters. The quantitative estimate of drug-likeness (QED) is 0.558. The number of aromatic nitrogens is 2. The SMILES string of the molecule is Cc1nn(C)c(C)c1NC(=O)C(C)OC(=O)CCNC(=O)NC12CC3CC(CC(C3)C1)C2. The van der Waals surface area contributed by atoms with Crippen LogP contribution in [-0.2, 0) is 21.4 Å². The molecule has 1 aromatic rings. The van der Waals surface area contributed by atoms with Gasteiger partial charge in [0, 0.05) is 19.1 Å². The van der Waals surface area contributed by atoms with Crippen molar-refractivity contribution in [3.63, 3.8) is 0 Å². The van der Waals surface area contributed by atoms with Gasteiger partial charge < -0.3 is 20.7 Å². The number of nitrogens with one attached hydrogen (secondary N) is 3. The summed E-state index contributed by atoms with van der Waals surface area (Å²) in [6.07, 6.45) is 6.27. The van der Waals surface area contributed by atoms with Gasteiger partial charge in [0.15, 0.2) is 6.10 Å². The summed E-state index contributed by atoms with van der Waals surface area (Å²) in [6.45, 7) is 5.36. The Morgan fingerprint density at radius 2 is 1.72 bits per heavy atom. The Morgan fingerprint density at radius 3 is 2.25 bits per heavy atom. The van der Waals surface area contributed by atoms with Crippen molar-refractivity contribution in [1.29, 1.82) is 0 Å². The van der Waals surface area contributed by atoms with Crippen LogP contribution in [0.3, 0.4) is 0 Å². The third-order valence-electron chi connectivity index (χ3n) is 7.47. The number of amides is 3. The Kier molecular flexibility index (Phi) is 6.18. The summed E-state index contributed by atoms with van der Waals surface area (Å²) < 4.78 is 6.92. The minimum absolute atomic E-state index is 0.0108. The van der Waals surface area contributed by atoms with Crippen molar-refractivity contribution in [1.82, 2.24) is 20.4 Å². The fourth-order valence-electron chi connectivity index (χ4n) is 6.32. The summed E-state index contributed by atoms with van der Waals surface area (Å²) >= 11 is 0. The number of ether oxygens (including phenoxy) is 1. The predicted molar refractivity (Wildman–Crippen MR) is 119 cm³/mol. The van der Waals surface area contributed by atoms with Gasteiger partial charge in [0.1, 0.15) is 0 Å². The minimum atomic E-state index is -0.942. The van der Waals surface area contributed by atoms with Gasteiger partial charge in [-0.05, 0) is 77.0 Å². The summed E-state index contributed by atoms with van der Waals surface area (Å²) in [5, 5.41) is 13.0. The fourth-order valence-corrected chi connectivity index (χ4v) is 6.32. The Hall–Kier alpha value is -2.58. The molecule has 0 radical (unpaired) electrons. The van der Waals surface area contributed by atoms with Crippen LogP contribution in [0.5, 0.6) is 0 Å². The minimum Gasteiger partial charge on any atom is -0.452 e. The van der Waals surface area contributed by atoms with Gasteiger partial charge in [0.25, 0.3) is 5.91 Å².